The van der Waals surface area contributed by atoms with Gasteiger partial charge in [-0.15, -0.1) is 5.54 Å². The summed E-state index contributed by atoms with van der Waals surface area (Å²) in [6.45, 7) is 9.02. The molecular weight excluding hydrogens is 388 g/mol. The SMILES string of the molecule is CC[Si](C#C[C@]1(O)CC[C@H]2[C@@H]3[C@H](O)Cc4cc(O)ccc4[C@H]3CC[C@@]21C)(CC)CC. The van der Waals surface area contributed by atoms with Gasteiger partial charge in [-0.2, -0.15) is 0 Å². The first kappa shape index (κ1) is 21.9. The second-order valence-corrected chi connectivity index (χ2v) is 15.3. The summed E-state index contributed by atoms with van der Waals surface area (Å²) < 4.78 is 0. The van der Waals surface area contributed by atoms with E-state index in [1.54, 1.807) is 6.07 Å². The summed E-state index contributed by atoms with van der Waals surface area (Å²) in [5, 5.41) is 32.9. The minimum Gasteiger partial charge on any atom is -0.508 e. The van der Waals surface area contributed by atoms with Gasteiger partial charge in [0.2, 0.25) is 0 Å². The number of fused-ring (bicyclic) bond motifs is 5. The Kier molecular flexibility index (Phi) is 5.62. The molecule has 0 spiro atoms. The Balaban J connectivity index is 1.68. The van der Waals surface area contributed by atoms with Gasteiger partial charge in [-0.1, -0.05) is 39.7 Å². The van der Waals surface area contributed by atoms with Gasteiger partial charge in [-0.25, -0.2) is 0 Å². The van der Waals surface area contributed by atoms with Crippen molar-refractivity contribution in [1.82, 2.24) is 0 Å². The number of rotatable bonds is 3. The molecule has 3 nitrogen and oxygen atoms in total. The van der Waals surface area contributed by atoms with E-state index in [9.17, 15) is 15.3 Å². The number of benzene rings is 1. The molecule has 2 fully saturated rings. The number of aliphatic hydroxyl groups excluding tert-OH is 1. The predicted molar refractivity (Wildman–Crippen MR) is 124 cm³/mol. The first-order valence-corrected chi connectivity index (χ1v) is 14.6. The number of aromatic hydroxyl groups is 1. The monoisotopic (exact) mass is 426 g/mol. The summed E-state index contributed by atoms with van der Waals surface area (Å²) in [4.78, 5) is 0. The topological polar surface area (TPSA) is 60.7 Å². The number of phenolic OH excluding ortho intramolecular Hbond substituents is 1. The summed E-state index contributed by atoms with van der Waals surface area (Å²) in [5.41, 5.74) is 4.86. The third-order valence-corrected chi connectivity index (χ3v) is 14.2. The molecule has 164 valence electrons. The second-order valence-electron chi connectivity index (χ2n) is 10.4. The van der Waals surface area contributed by atoms with Crippen LogP contribution in [0.15, 0.2) is 18.2 Å². The van der Waals surface area contributed by atoms with E-state index >= 15 is 0 Å². The molecule has 4 heteroatoms. The Morgan fingerprint density at radius 3 is 2.47 bits per heavy atom. The quantitative estimate of drug-likeness (QED) is 0.471. The lowest BCUT2D eigenvalue weighted by atomic mass is 9.52. The smallest absolute Gasteiger partial charge is 0.137 e. The summed E-state index contributed by atoms with van der Waals surface area (Å²) in [6, 6.07) is 9.11. The summed E-state index contributed by atoms with van der Waals surface area (Å²) >= 11 is 0. The van der Waals surface area contributed by atoms with Crippen molar-refractivity contribution in [3.8, 4) is 17.2 Å². The predicted octanol–water partition coefficient (Wildman–Crippen LogP) is 5.00. The maximum atomic E-state index is 11.8. The highest BCUT2D eigenvalue weighted by atomic mass is 28.3. The van der Waals surface area contributed by atoms with E-state index in [0.29, 0.717) is 12.3 Å². The van der Waals surface area contributed by atoms with Crippen molar-refractivity contribution in [3.05, 3.63) is 29.3 Å². The highest BCUT2D eigenvalue weighted by Crippen LogP contribution is 2.64. The molecule has 30 heavy (non-hydrogen) atoms. The van der Waals surface area contributed by atoms with Crippen molar-refractivity contribution in [2.45, 2.75) is 95.6 Å². The number of hydrogen-bond donors (Lipinski definition) is 3. The Bertz CT molecular complexity index is 859. The van der Waals surface area contributed by atoms with Crippen molar-refractivity contribution < 1.29 is 15.3 Å². The van der Waals surface area contributed by atoms with Gasteiger partial charge in [0, 0.05) is 5.41 Å². The molecule has 3 aliphatic carbocycles. The molecule has 0 radical (unpaired) electrons. The number of phenols is 1. The molecule has 0 aromatic heterocycles. The van der Waals surface area contributed by atoms with Gasteiger partial charge in [0.05, 0.1) is 6.10 Å². The molecule has 4 rings (SSSR count). The molecule has 1 aromatic carbocycles. The van der Waals surface area contributed by atoms with Crippen LogP contribution in [0.3, 0.4) is 0 Å². The zero-order valence-corrected chi connectivity index (χ0v) is 20.0. The lowest BCUT2D eigenvalue weighted by molar-refractivity contribution is -0.0901. The van der Waals surface area contributed by atoms with E-state index in [0.717, 1.165) is 49.4 Å². The van der Waals surface area contributed by atoms with Crippen molar-refractivity contribution in [1.29, 1.82) is 0 Å². The normalized spacial score (nSPS) is 37.5. The minimum absolute atomic E-state index is 0.169. The zero-order valence-electron chi connectivity index (χ0n) is 19.0. The largest absolute Gasteiger partial charge is 0.508 e. The fourth-order valence-electron chi connectivity index (χ4n) is 7.06. The van der Waals surface area contributed by atoms with Gasteiger partial charge in [0.15, 0.2) is 0 Å². The van der Waals surface area contributed by atoms with Gasteiger partial charge in [-0.05, 0) is 91.2 Å². The van der Waals surface area contributed by atoms with E-state index in [4.69, 9.17) is 0 Å². The molecule has 0 amide bonds. The van der Waals surface area contributed by atoms with Crippen molar-refractivity contribution >= 4 is 8.07 Å². The van der Waals surface area contributed by atoms with E-state index < -0.39 is 19.8 Å². The second kappa shape index (κ2) is 7.69. The molecule has 0 aliphatic heterocycles. The summed E-state index contributed by atoms with van der Waals surface area (Å²) in [7, 11) is -1.62. The fraction of sp³-hybridized carbons (Fsp3) is 0.692. The summed E-state index contributed by atoms with van der Waals surface area (Å²) in [5.74, 6) is 4.53. The van der Waals surface area contributed by atoms with Gasteiger partial charge in [0.1, 0.15) is 19.4 Å². The number of hydrogen-bond acceptors (Lipinski definition) is 3. The molecule has 1 aromatic rings. The van der Waals surface area contributed by atoms with Crippen LogP contribution < -0.4 is 0 Å². The van der Waals surface area contributed by atoms with Crippen LogP contribution in [0.4, 0.5) is 0 Å². The first-order chi connectivity index (χ1) is 14.2. The molecule has 0 bridgehead atoms. The average Bonchev–Trinajstić information content (AvgIpc) is 3.00. The van der Waals surface area contributed by atoms with Crippen molar-refractivity contribution in [3.63, 3.8) is 0 Å². The maximum absolute atomic E-state index is 11.8. The zero-order chi connectivity index (χ0) is 21.7. The van der Waals surface area contributed by atoms with E-state index in [-0.39, 0.29) is 23.0 Å². The van der Waals surface area contributed by atoms with Gasteiger partial charge < -0.3 is 15.3 Å². The molecule has 0 saturated heterocycles. The van der Waals surface area contributed by atoms with Crippen LogP contribution in [0.2, 0.25) is 18.1 Å². The molecule has 0 heterocycles. The Labute approximate surface area is 182 Å². The van der Waals surface area contributed by atoms with E-state index in [2.05, 4.69) is 45.2 Å². The van der Waals surface area contributed by atoms with Crippen LogP contribution in [0, 0.1) is 28.7 Å². The lowest BCUT2D eigenvalue weighted by Crippen LogP contribution is -2.53. The van der Waals surface area contributed by atoms with Crippen LogP contribution in [-0.4, -0.2) is 35.1 Å². The minimum atomic E-state index is -1.62. The molecule has 6 atom stereocenters. The molecule has 2 saturated carbocycles. The van der Waals surface area contributed by atoms with Crippen LogP contribution in [-0.2, 0) is 6.42 Å². The van der Waals surface area contributed by atoms with Gasteiger partial charge in [0.25, 0.3) is 0 Å². The Hall–Kier alpha value is -1.28. The lowest BCUT2D eigenvalue weighted by Gasteiger charge is -2.53. The van der Waals surface area contributed by atoms with E-state index in [1.807, 2.05) is 6.07 Å². The number of aliphatic hydroxyl groups is 2. The highest BCUT2D eigenvalue weighted by molar-refractivity contribution is 6.87. The van der Waals surface area contributed by atoms with Crippen molar-refractivity contribution in [2.24, 2.45) is 17.3 Å². The summed E-state index contributed by atoms with van der Waals surface area (Å²) in [6.07, 6.45) is 3.75. The van der Waals surface area contributed by atoms with Crippen LogP contribution in [0.25, 0.3) is 0 Å². The van der Waals surface area contributed by atoms with Crippen molar-refractivity contribution in [2.75, 3.05) is 0 Å². The van der Waals surface area contributed by atoms with Crippen LogP contribution in [0.5, 0.6) is 5.75 Å². The third-order valence-electron chi connectivity index (χ3n) is 9.45. The van der Waals surface area contributed by atoms with Gasteiger partial charge >= 0.3 is 0 Å². The Morgan fingerprint density at radius 2 is 1.80 bits per heavy atom. The van der Waals surface area contributed by atoms with Gasteiger partial charge in [-0.3, -0.25) is 0 Å². The third kappa shape index (κ3) is 3.17. The molecule has 0 unspecified atom stereocenters. The maximum Gasteiger partial charge on any atom is 0.137 e. The standard InChI is InChI=1S/C26H38O3Si/c1-5-30(6-2,7-3)15-14-26(29)13-11-22-24-21(10-12-25(22,26)4)20-9-8-19(27)16-18(20)17-23(24)28/h8-9,16,21-24,27-29H,5-7,10-13,17H2,1-4H3/t21-,22+,23-,24-,25+,26-/m1/s1. The molecular formula is C26H38O3Si. The molecule has 3 aliphatic rings. The average molecular weight is 427 g/mol. The Morgan fingerprint density at radius 1 is 1.10 bits per heavy atom. The van der Waals surface area contributed by atoms with Crippen LogP contribution >= 0.6 is 0 Å². The van der Waals surface area contributed by atoms with Crippen LogP contribution in [0.1, 0.15) is 70.4 Å². The first-order valence-electron chi connectivity index (χ1n) is 12.0. The fourth-order valence-corrected chi connectivity index (χ4v) is 9.56. The highest BCUT2D eigenvalue weighted by Gasteiger charge is 2.62. The van der Waals surface area contributed by atoms with E-state index in [1.165, 1.54) is 5.56 Å². The molecule has 3 N–H and O–H groups in total.